The predicted molar refractivity (Wildman–Crippen MR) is 129 cm³/mol. The maximum absolute atomic E-state index is 12.9. The number of nitrogens with one attached hydrogen (secondary N) is 1. The fourth-order valence-electron chi connectivity index (χ4n) is 6.12. The van der Waals surface area contributed by atoms with Crippen molar-refractivity contribution in [3.63, 3.8) is 0 Å². The average molecular weight is 576 g/mol. The Morgan fingerprint density at radius 3 is 1.75 bits per heavy atom. The van der Waals surface area contributed by atoms with Crippen LogP contribution in [0.5, 0.6) is 0 Å². The van der Waals surface area contributed by atoms with E-state index in [0.717, 1.165) is 43.4 Å². The molecule has 4 aliphatic rings. The van der Waals surface area contributed by atoms with E-state index in [4.69, 9.17) is 25.5 Å². The third kappa shape index (κ3) is 7.93. The number of alkyl halides is 6. The first-order valence-electron chi connectivity index (χ1n) is 12.1. The van der Waals surface area contributed by atoms with Gasteiger partial charge in [-0.15, -0.1) is 0 Å². The molecule has 4 bridgehead atoms. The summed E-state index contributed by atoms with van der Waals surface area (Å²) in [7, 11) is 0. The number of carbonyl (C=O) groups is 3. The number of hydrogen-bond donors (Lipinski definition) is 4. The van der Waals surface area contributed by atoms with Gasteiger partial charge in [0.25, 0.3) is 5.91 Å². The van der Waals surface area contributed by atoms with Crippen molar-refractivity contribution in [3.05, 3.63) is 54.2 Å². The molecule has 2 unspecified atom stereocenters. The second kappa shape index (κ2) is 11.4. The fourth-order valence-corrected chi connectivity index (χ4v) is 6.12. The van der Waals surface area contributed by atoms with Gasteiger partial charge in [0.15, 0.2) is 0 Å². The van der Waals surface area contributed by atoms with Crippen LogP contribution >= 0.6 is 0 Å². The van der Waals surface area contributed by atoms with Crippen molar-refractivity contribution in [1.82, 2.24) is 10.3 Å². The molecule has 4 atom stereocenters. The predicted octanol–water partition coefficient (Wildman–Crippen LogP) is 4.80. The molecule has 6 rings (SSSR count). The maximum Gasteiger partial charge on any atom is 0.490 e. The number of pyridine rings is 1. The Morgan fingerprint density at radius 2 is 1.35 bits per heavy atom. The number of carbonyl (C=O) groups excluding carboxylic acids is 1. The number of amides is 1. The first-order valence-corrected chi connectivity index (χ1v) is 12.1. The molecule has 1 heterocycles. The number of aliphatic carboxylic acids is 2. The maximum atomic E-state index is 12.9. The summed E-state index contributed by atoms with van der Waals surface area (Å²) in [6.07, 6.45) is -1.67. The smallest absolute Gasteiger partial charge is 0.475 e. The molecule has 0 saturated heterocycles. The largest absolute Gasteiger partial charge is 0.490 e. The van der Waals surface area contributed by atoms with E-state index in [9.17, 15) is 31.1 Å². The minimum atomic E-state index is -5.08. The highest BCUT2D eigenvalue weighted by Gasteiger charge is 2.56. The van der Waals surface area contributed by atoms with E-state index in [0.29, 0.717) is 17.4 Å². The van der Waals surface area contributed by atoms with Crippen molar-refractivity contribution < 1.29 is 50.9 Å². The number of benzene rings is 1. The van der Waals surface area contributed by atoms with Crippen LogP contribution in [0.1, 0.15) is 48.9 Å². The van der Waals surface area contributed by atoms with Gasteiger partial charge in [-0.05, 0) is 74.6 Å². The number of rotatable bonds is 3. The molecule has 4 aliphatic carbocycles. The Kier molecular flexibility index (Phi) is 8.82. The SMILES string of the molecule is NC12C[C@H]3C[C@@H](C1)CC(NC(=O)c1ccc(-c4ccccn4)cc1)(C3)C2.O=C(O)C(F)(F)F.O=C(O)C(F)(F)F. The van der Waals surface area contributed by atoms with Gasteiger partial charge in [-0.3, -0.25) is 9.78 Å². The summed E-state index contributed by atoms with van der Waals surface area (Å²) in [5.74, 6) is -4.11. The van der Waals surface area contributed by atoms with E-state index in [1.165, 1.54) is 6.42 Å². The van der Waals surface area contributed by atoms with Crippen LogP contribution in [-0.2, 0) is 9.59 Å². The van der Waals surface area contributed by atoms with Crippen LogP contribution < -0.4 is 11.1 Å². The van der Waals surface area contributed by atoms with Crippen molar-refractivity contribution in [2.24, 2.45) is 17.6 Å². The van der Waals surface area contributed by atoms with E-state index in [1.54, 1.807) is 6.20 Å². The molecular formula is C26H27F6N3O5. The lowest BCUT2D eigenvalue weighted by molar-refractivity contribution is -0.193. The minimum Gasteiger partial charge on any atom is -0.475 e. The zero-order valence-electron chi connectivity index (χ0n) is 20.9. The van der Waals surface area contributed by atoms with E-state index in [1.807, 2.05) is 42.5 Å². The van der Waals surface area contributed by atoms with Gasteiger partial charge in [-0.1, -0.05) is 18.2 Å². The second-order valence-corrected chi connectivity index (χ2v) is 10.5. The summed E-state index contributed by atoms with van der Waals surface area (Å²) in [5.41, 5.74) is 9.17. The molecule has 1 amide bonds. The van der Waals surface area contributed by atoms with Crippen molar-refractivity contribution in [2.75, 3.05) is 0 Å². The third-order valence-corrected chi connectivity index (χ3v) is 7.08. The van der Waals surface area contributed by atoms with Crippen LogP contribution in [0.3, 0.4) is 0 Å². The van der Waals surface area contributed by atoms with Crippen LogP contribution in [0.25, 0.3) is 11.3 Å². The number of carboxylic acids is 2. The van der Waals surface area contributed by atoms with Crippen molar-refractivity contribution in [3.8, 4) is 11.3 Å². The van der Waals surface area contributed by atoms with Gasteiger partial charge in [0.1, 0.15) is 0 Å². The lowest BCUT2D eigenvalue weighted by Crippen LogP contribution is -2.68. The van der Waals surface area contributed by atoms with Crippen LogP contribution in [0.2, 0.25) is 0 Å². The molecular weight excluding hydrogens is 548 g/mol. The summed E-state index contributed by atoms with van der Waals surface area (Å²) >= 11 is 0. The highest BCUT2D eigenvalue weighted by atomic mass is 19.4. The van der Waals surface area contributed by atoms with E-state index in [-0.39, 0.29) is 17.0 Å². The summed E-state index contributed by atoms with van der Waals surface area (Å²) in [4.78, 5) is 35.1. The number of hydrogen-bond acceptors (Lipinski definition) is 5. The van der Waals surface area contributed by atoms with Crippen molar-refractivity contribution in [2.45, 2.75) is 62.0 Å². The van der Waals surface area contributed by atoms with E-state index in [2.05, 4.69) is 10.3 Å². The second-order valence-electron chi connectivity index (χ2n) is 10.5. The number of nitrogens with two attached hydrogens (primary N) is 1. The number of aromatic nitrogens is 1. The number of halogens is 6. The molecule has 5 N–H and O–H groups in total. The topological polar surface area (TPSA) is 143 Å². The van der Waals surface area contributed by atoms with Crippen LogP contribution in [0.15, 0.2) is 48.7 Å². The van der Waals surface area contributed by atoms with Crippen molar-refractivity contribution in [1.29, 1.82) is 0 Å². The fraction of sp³-hybridized carbons (Fsp3) is 0.462. The summed E-state index contributed by atoms with van der Waals surface area (Å²) < 4.78 is 63.5. The molecule has 4 fully saturated rings. The van der Waals surface area contributed by atoms with Gasteiger partial charge in [0, 0.05) is 28.4 Å². The molecule has 40 heavy (non-hydrogen) atoms. The lowest BCUT2D eigenvalue weighted by atomic mass is 9.50. The van der Waals surface area contributed by atoms with Gasteiger partial charge in [0.2, 0.25) is 0 Å². The Labute approximate surface area is 224 Å². The Hall–Kier alpha value is -3.68. The molecule has 0 aliphatic heterocycles. The molecule has 0 radical (unpaired) electrons. The van der Waals surface area contributed by atoms with Crippen LogP contribution in [0, 0.1) is 11.8 Å². The standard InChI is InChI=1S/C22H25N3O.2C2HF3O2/c23-21-10-15-9-16(11-21)13-22(12-15,14-21)25-20(26)18-6-4-17(5-7-18)19-3-1-2-8-24-19;2*3-2(4,5)1(6)7/h1-8,15-16H,9-14,23H2,(H,25,26);2*(H,6,7)/t15-,16+,21?,22?;;. The van der Waals surface area contributed by atoms with Gasteiger partial charge in [0.05, 0.1) is 5.69 Å². The Bertz CT molecular complexity index is 1180. The third-order valence-electron chi connectivity index (χ3n) is 7.08. The molecule has 0 spiro atoms. The molecule has 218 valence electrons. The van der Waals surface area contributed by atoms with E-state index < -0.39 is 24.3 Å². The molecule has 4 saturated carbocycles. The van der Waals surface area contributed by atoms with E-state index >= 15 is 0 Å². The molecule has 1 aromatic heterocycles. The minimum absolute atomic E-state index is 0.0307. The summed E-state index contributed by atoms with van der Waals surface area (Å²) in [5, 5.41) is 17.6. The van der Waals surface area contributed by atoms with Crippen LogP contribution in [0.4, 0.5) is 26.3 Å². The monoisotopic (exact) mass is 575 g/mol. The lowest BCUT2D eigenvalue weighted by Gasteiger charge is -2.61. The van der Waals surface area contributed by atoms with Gasteiger partial charge < -0.3 is 21.3 Å². The summed E-state index contributed by atoms with van der Waals surface area (Å²) in [6, 6.07) is 13.6. The first-order chi connectivity index (χ1) is 18.4. The number of carboxylic acid groups (broad SMARTS) is 2. The summed E-state index contributed by atoms with van der Waals surface area (Å²) in [6.45, 7) is 0. The van der Waals surface area contributed by atoms with Crippen molar-refractivity contribution >= 4 is 17.8 Å². The first kappa shape index (κ1) is 30.9. The van der Waals surface area contributed by atoms with Gasteiger partial charge in [-0.2, -0.15) is 26.3 Å². The Balaban J connectivity index is 0.000000263. The van der Waals surface area contributed by atoms with Gasteiger partial charge in [-0.25, -0.2) is 9.59 Å². The molecule has 1 aromatic carbocycles. The Morgan fingerprint density at radius 1 is 0.850 bits per heavy atom. The van der Waals surface area contributed by atoms with Crippen LogP contribution in [-0.4, -0.2) is 56.5 Å². The molecule has 2 aromatic rings. The highest BCUT2D eigenvalue weighted by Crippen LogP contribution is 2.56. The molecule has 14 heteroatoms. The molecule has 8 nitrogen and oxygen atoms in total. The number of nitrogens with zero attached hydrogens (tertiary/aromatic N) is 1. The normalized spacial score (nSPS) is 26.5. The average Bonchev–Trinajstić information content (AvgIpc) is 2.82. The highest BCUT2D eigenvalue weighted by molar-refractivity contribution is 5.95. The zero-order chi connectivity index (χ0) is 29.9. The quantitative estimate of drug-likeness (QED) is 0.385. The zero-order valence-corrected chi connectivity index (χ0v) is 20.9. The van der Waals surface area contributed by atoms with Gasteiger partial charge >= 0.3 is 24.3 Å².